The lowest BCUT2D eigenvalue weighted by molar-refractivity contribution is -0.116. The van der Waals surface area contributed by atoms with Gasteiger partial charge in [0.05, 0.1) is 5.69 Å². The van der Waals surface area contributed by atoms with Gasteiger partial charge in [0.15, 0.2) is 0 Å². The molecular weight excluding hydrogens is 320 g/mol. The molecule has 0 bridgehead atoms. The Kier molecular flexibility index (Phi) is 4.89. The van der Waals surface area contributed by atoms with Crippen LogP contribution in [0.4, 0.5) is 5.82 Å². The summed E-state index contributed by atoms with van der Waals surface area (Å²) in [6.45, 7) is 4.64. The number of pyridine rings is 1. The molecule has 20 heavy (non-hydrogen) atoms. The second-order valence-electron chi connectivity index (χ2n) is 4.58. The van der Waals surface area contributed by atoms with Crippen molar-refractivity contribution >= 4 is 27.7 Å². The summed E-state index contributed by atoms with van der Waals surface area (Å²) < 4.78 is 2.97. The number of hydrogen-bond donors (Lipinski definition) is 1. The molecule has 0 atom stereocenters. The van der Waals surface area contributed by atoms with E-state index in [1.807, 2.05) is 30.7 Å². The molecular formula is C14H17BrN4O. The Balaban J connectivity index is 1.80. The monoisotopic (exact) mass is 336 g/mol. The van der Waals surface area contributed by atoms with E-state index in [-0.39, 0.29) is 5.91 Å². The topological polar surface area (TPSA) is 59.8 Å². The Morgan fingerprint density at radius 3 is 2.85 bits per heavy atom. The molecule has 0 saturated carbocycles. The van der Waals surface area contributed by atoms with Crippen LogP contribution in [-0.4, -0.2) is 20.4 Å². The summed E-state index contributed by atoms with van der Waals surface area (Å²) in [5, 5.41) is 2.81. The highest BCUT2D eigenvalue weighted by Crippen LogP contribution is 2.16. The summed E-state index contributed by atoms with van der Waals surface area (Å²) in [4.78, 5) is 20.3. The van der Waals surface area contributed by atoms with Crippen molar-refractivity contribution in [2.45, 2.75) is 33.2 Å². The number of aryl methyl sites for hydroxylation is 3. The Bertz CT molecular complexity index is 609. The lowest BCUT2D eigenvalue weighted by Gasteiger charge is -2.07. The number of hydrogen-bond acceptors (Lipinski definition) is 3. The molecule has 2 rings (SSSR count). The zero-order chi connectivity index (χ0) is 14.5. The fourth-order valence-corrected chi connectivity index (χ4v) is 2.09. The van der Waals surface area contributed by atoms with Crippen LogP contribution < -0.4 is 5.32 Å². The van der Waals surface area contributed by atoms with Crippen LogP contribution in [0.15, 0.2) is 29.0 Å². The first-order valence-corrected chi connectivity index (χ1v) is 7.26. The third-order valence-corrected chi connectivity index (χ3v) is 3.85. The van der Waals surface area contributed by atoms with E-state index in [0.717, 1.165) is 29.0 Å². The third kappa shape index (κ3) is 3.90. The molecule has 2 aromatic rings. The van der Waals surface area contributed by atoms with Crippen LogP contribution in [0.25, 0.3) is 0 Å². The molecule has 0 radical (unpaired) electrons. The van der Waals surface area contributed by atoms with E-state index >= 15 is 0 Å². The molecule has 0 aliphatic carbocycles. The van der Waals surface area contributed by atoms with E-state index in [9.17, 15) is 4.79 Å². The van der Waals surface area contributed by atoms with Crippen LogP contribution in [0.2, 0.25) is 0 Å². The van der Waals surface area contributed by atoms with Gasteiger partial charge in [0.25, 0.3) is 0 Å². The van der Waals surface area contributed by atoms with Gasteiger partial charge in [-0.15, -0.1) is 0 Å². The third-order valence-electron chi connectivity index (χ3n) is 3.02. The quantitative estimate of drug-likeness (QED) is 0.912. The molecule has 2 aromatic heterocycles. The maximum absolute atomic E-state index is 11.8. The number of carbonyl (C=O) groups excluding carboxylic acids is 1. The molecule has 0 unspecified atom stereocenters. The van der Waals surface area contributed by atoms with Crippen molar-refractivity contribution in [3.05, 3.63) is 40.5 Å². The maximum atomic E-state index is 11.8. The standard InChI is InChI=1S/C14H17BrN4O/c1-10-12(15)5-6-13(17-10)18-14(20)4-3-8-19-9-7-16-11(19)2/h5-7,9H,3-4,8H2,1-2H3,(H,17,18,20). The minimum Gasteiger partial charge on any atom is -0.335 e. The molecule has 0 aliphatic rings. The summed E-state index contributed by atoms with van der Waals surface area (Å²) in [7, 11) is 0. The van der Waals surface area contributed by atoms with Crippen LogP contribution in [-0.2, 0) is 11.3 Å². The first kappa shape index (κ1) is 14.7. The largest absolute Gasteiger partial charge is 0.335 e. The zero-order valence-corrected chi connectivity index (χ0v) is 13.1. The summed E-state index contributed by atoms with van der Waals surface area (Å²) in [5.41, 5.74) is 0.858. The number of anilines is 1. The van der Waals surface area contributed by atoms with Gasteiger partial charge in [0, 0.05) is 29.8 Å². The molecule has 0 saturated heterocycles. The van der Waals surface area contributed by atoms with Crippen LogP contribution in [0.3, 0.4) is 0 Å². The molecule has 1 N–H and O–H groups in total. The molecule has 106 valence electrons. The van der Waals surface area contributed by atoms with Crippen LogP contribution in [0.1, 0.15) is 24.4 Å². The average Bonchev–Trinajstić information content (AvgIpc) is 2.80. The van der Waals surface area contributed by atoms with E-state index in [1.165, 1.54) is 0 Å². The maximum Gasteiger partial charge on any atom is 0.225 e. The van der Waals surface area contributed by atoms with Gasteiger partial charge in [-0.05, 0) is 48.3 Å². The fraction of sp³-hybridized carbons (Fsp3) is 0.357. The predicted octanol–water partition coefficient (Wildman–Crippen LogP) is 3.08. The number of aromatic nitrogens is 3. The zero-order valence-electron chi connectivity index (χ0n) is 11.6. The molecule has 0 aliphatic heterocycles. The predicted molar refractivity (Wildman–Crippen MR) is 81.5 cm³/mol. The first-order chi connectivity index (χ1) is 9.56. The minimum atomic E-state index is -0.0167. The molecule has 5 nitrogen and oxygen atoms in total. The highest BCUT2D eigenvalue weighted by atomic mass is 79.9. The van der Waals surface area contributed by atoms with Gasteiger partial charge < -0.3 is 9.88 Å². The molecule has 6 heteroatoms. The van der Waals surface area contributed by atoms with Crippen molar-refractivity contribution in [1.29, 1.82) is 0 Å². The Morgan fingerprint density at radius 1 is 1.40 bits per heavy atom. The summed E-state index contributed by atoms with van der Waals surface area (Å²) in [6.07, 6.45) is 4.93. The number of rotatable bonds is 5. The van der Waals surface area contributed by atoms with Crippen molar-refractivity contribution < 1.29 is 4.79 Å². The fourth-order valence-electron chi connectivity index (χ4n) is 1.87. The molecule has 2 heterocycles. The summed E-state index contributed by atoms with van der Waals surface area (Å²) in [5.74, 6) is 1.54. The van der Waals surface area contributed by atoms with Crippen molar-refractivity contribution in [3.63, 3.8) is 0 Å². The minimum absolute atomic E-state index is 0.0167. The molecule has 0 fully saturated rings. The van der Waals surface area contributed by atoms with Crippen molar-refractivity contribution in [2.24, 2.45) is 0 Å². The number of halogens is 1. The van der Waals surface area contributed by atoms with Gasteiger partial charge in [-0.2, -0.15) is 0 Å². The second-order valence-corrected chi connectivity index (χ2v) is 5.44. The van der Waals surface area contributed by atoms with E-state index in [0.29, 0.717) is 12.2 Å². The number of nitrogens with zero attached hydrogens (tertiary/aromatic N) is 3. The summed E-state index contributed by atoms with van der Waals surface area (Å²) in [6, 6.07) is 3.67. The Morgan fingerprint density at radius 2 is 2.20 bits per heavy atom. The highest BCUT2D eigenvalue weighted by molar-refractivity contribution is 9.10. The second kappa shape index (κ2) is 6.65. The van der Waals surface area contributed by atoms with Gasteiger partial charge in [0.2, 0.25) is 5.91 Å². The van der Waals surface area contributed by atoms with Crippen molar-refractivity contribution in [1.82, 2.24) is 14.5 Å². The lowest BCUT2D eigenvalue weighted by atomic mass is 10.3. The Labute approximate surface area is 126 Å². The SMILES string of the molecule is Cc1nc(NC(=O)CCCn2ccnc2C)ccc1Br. The van der Waals surface area contributed by atoms with Crippen LogP contribution >= 0.6 is 15.9 Å². The lowest BCUT2D eigenvalue weighted by Crippen LogP contribution is -2.13. The van der Waals surface area contributed by atoms with Gasteiger partial charge in [-0.25, -0.2) is 9.97 Å². The number of carbonyl (C=O) groups is 1. The number of imidazole rings is 1. The van der Waals surface area contributed by atoms with Gasteiger partial charge in [-0.1, -0.05) is 0 Å². The molecule has 0 spiro atoms. The first-order valence-electron chi connectivity index (χ1n) is 6.47. The van der Waals surface area contributed by atoms with Crippen molar-refractivity contribution in [2.75, 3.05) is 5.32 Å². The smallest absolute Gasteiger partial charge is 0.225 e. The summed E-state index contributed by atoms with van der Waals surface area (Å²) >= 11 is 3.38. The van der Waals surface area contributed by atoms with Gasteiger partial charge >= 0.3 is 0 Å². The van der Waals surface area contributed by atoms with Crippen molar-refractivity contribution in [3.8, 4) is 0 Å². The highest BCUT2D eigenvalue weighted by Gasteiger charge is 2.05. The van der Waals surface area contributed by atoms with Crippen LogP contribution in [0.5, 0.6) is 0 Å². The average molecular weight is 337 g/mol. The van der Waals surface area contributed by atoms with E-state index in [4.69, 9.17) is 0 Å². The Hall–Kier alpha value is -1.69. The van der Waals surface area contributed by atoms with E-state index < -0.39 is 0 Å². The molecule has 1 amide bonds. The van der Waals surface area contributed by atoms with E-state index in [2.05, 4.69) is 31.2 Å². The van der Waals surface area contributed by atoms with Gasteiger partial charge in [-0.3, -0.25) is 4.79 Å². The van der Waals surface area contributed by atoms with Gasteiger partial charge in [0.1, 0.15) is 11.6 Å². The van der Waals surface area contributed by atoms with Crippen LogP contribution in [0, 0.1) is 13.8 Å². The number of amides is 1. The normalized spacial score (nSPS) is 10.6. The van der Waals surface area contributed by atoms with E-state index in [1.54, 1.807) is 12.3 Å². The number of nitrogens with one attached hydrogen (secondary N) is 1. The molecule has 0 aromatic carbocycles.